The van der Waals surface area contributed by atoms with Gasteiger partial charge in [-0.2, -0.15) is 0 Å². The third-order valence-electron chi connectivity index (χ3n) is 4.49. The Labute approximate surface area is 178 Å². The van der Waals surface area contributed by atoms with Crippen molar-refractivity contribution in [3.8, 4) is 0 Å². The van der Waals surface area contributed by atoms with E-state index in [0.29, 0.717) is 6.54 Å². The number of nitrogens with zero attached hydrogens (tertiary/aromatic N) is 2. The number of anilines is 2. The van der Waals surface area contributed by atoms with Crippen LogP contribution in [0.15, 0.2) is 36.4 Å². The Bertz CT molecular complexity index is 853. The predicted octanol–water partition coefficient (Wildman–Crippen LogP) is 4.90. The number of hydrogen-bond donors (Lipinski definition) is 2. The highest BCUT2D eigenvalue weighted by Crippen LogP contribution is 2.35. The smallest absolute Gasteiger partial charge is 0.264 e. The van der Waals surface area contributed by atoms with Crippen LogP contribution in [-0.2, 0) is 0 Å². The van der Waals surface area contributed by atoms with Crippen molar-refractivity contribution in [1.82, 2.24) is 9.88 Å². The molecule has 27 heavy (non-hydrogen) atoms. The minimum Gasteiger partial charge on any atom is -0.334 e. The highest BCUT2D eigenvalue weighted by atomic mass is 35.5. The third-order valence-corrected chi connectivity index (χ3v) is 6.55. The van der Waals surface area contributed by atoms with Gasteiger partial charge in [-0.1, -0.05) is 29.5 Å². The van der Waals surface area contributed by atoms with E-state index in [0.717, 1.165) is 51.0 Å². The topological polar surface area (TPSA) is 71.2 Å². The molecule has 2 aromatic heterocycles. The van der Waals surface area contributed by atoms with Crippen LogP contribution in [0, 0.1) is 0 Å². The van der Waals surface area contributed by atoms with Crippen LogP contribution in [0.1, 0.15) is 28.9 Å². The highest BCUT2D eigenvalue weighted by Gasteiger charge is 2.28. The van der Waals surface area contributed by atoms with Crippen molar-refractivity contribution >= 4 is 73.7 Å². The number of carbonyl (C=O) groups excluding carboxylic acids is 1. The van der Waals surface area contributed by atoms with E-state index in [-0.39, 0.29) is 36.8 Å². The van der Waals surface area contributed by atoms with Crippen LogP contribution in [0.25, 0.3) is 9.53 Å². The standard InChI is InChI=1S/C18H20N4OS2.2ClH/c19-11-13-8-4-5-9-22(13)17(23)15-10-14-16(24-15)21-18(25-14)20-12-6-2-1-3-7-12;;/h1-3,6-7,10,13H,4-5,8-9,11,19H2,(H,20,21);2*1H. The minimum absolute atomic E-state index is 0. The lowest BCUT2D eigenvalue weighted by atomic mass is 10.0. The van der Waals surface area contributed by atoms with Crippen LogP contribution < -0.4 is 11.1 Å². The summed E-state index contributed by atoms with van der Waals surface area (Å²) in [6.45, 7) is 1.34. The summed E-state index contributed by atoms with van der Waals surface area (Å²) in [5.41, 5.74) is 6.86. The van der Waals surface area contributed by atoms with Gasteiger partial charge in [0.2, 0.25) is 0 Å². The number of rotatable bonds is 4. The lowest BCUT2D eigenvalue weighted by molar-refractivity contribution is 0.0628. The summed E-state index contributed by atoms with van der Waals surface area (Å²) < 4.78 is 1.05. The summed E-state index contributed by atoms with van der Waals surface area (Å²) in [5, 5.41) is 4.16. The molecular weight excluding hydrogens is 423 g/mol. The van der Waals surface area contributed by atoms with Crippen LogP contribution in [-0.4, -0.2) is 34.9 Å². The molecule has 0 aliphatic carbocycles. The molecule has 1 aromatic carbocycles. The number of thiophene rings is 1. The molecular formula is C18H22Cl2N4OS2. The zero-order valence-corrected chi connectivity index (χ0v) is 17.9. The van der Waals surface area contributed by atoms with E-state index in [2.05, 4.69) is 10.3 Å². The molecule has 9 heteroatoms. The molecule has 0 saturated carbocycles. The van der Waals surface area contributed by atoms with E-state index in [1.54, 1.807) is 11.3 Å². The number of halogens is 2. The highest BCUT2D eigenvalue weighted by molar-refractivity contribution is 7.29. The van der Waals surface area contributed by atoms with Gasteiger partial charge in [0.05, 0.1) is 9.58 Å². The number of likely N-dealkylation sites (tertiary alicyclic amines) is 1. The van der Waals surface area contributed by atoms with Crippen molar-refractivity contribution < 1.29 is 4.79 Å². The molecule has 4 rings (SSSR count). The lowest BCUT2D eigenvalue weighted by Crippen LogP contribution is -2.47. The van der Waals surface area contributed by atoms with Crippen LogP contribution in [0.2, 0.25) is 0 Å². The molecule has 0 bridgehead atoms. The summed E-state index contributed by atoms with van der Waals surface area (Å²) in [6, 6.07) is 12.1. The first kappa shape index (κ1) is 21.9. The van der Waals surface area contributed by atoms with E-state index >= 15 is 0 Å². The van der Waals surface area contributed by atoms with E-state index in [4.69, 9.17) is 5.73 Å². The first-order valence-electron chi connectivity index (χ1n) is 8.48. The second-order valence-electron chi connectivity index (χ2n) is 6.17. The first-order chi connectivity index (χ1) is 12.2. The van der Waals surface area contributed by atoms with Crippen LogP contribution in [0.5, 0.6) is 0 Å². The molecule has 1 fully saturated rings. The molecule has 0 radical (unpaired) electrons. The van der Waals surface area contributed by atoms with Gasteiger partial charge < -0.3 is 16.0 Å². The van der Waals surface area contributed by atoms with E-state index in [1.165, 1.54) is 11.3 Å². The quantitative estimate of drug-likeness (QED) is 0.599. The summed E-state index contributed by atoms with van der Waals surface area (Å²) >= 11 is 3.05. The maximum Gasteiger partial charge on any atom is 0.264 e. The summed E-state index contributed by atoms with van der Waals surface area (Å²) in [4.78, 5) is 21.1. The zero-order valence-electron chi connectivity index (χ0n) is 14.6. The zero-order chi connectivity index (χ0) is 17.2. The van der Waals surface area contributed by atoms with Gasteiger partial charge in [0.1, 0.15) is 4.83 Å². The molecule has 5 nitrogen and oxygen atoms in total. The number of carbonyl (C=O) groups is 1. The Kier molecular flexibility index (Phi) is 7.88. The van der Waals surface area contributed by atoms with E-state index < -0.39 is 0 Å². The Balaban J connectivity index is 0.00000131. The van der Waals surface area contributed by atoms with Crippen molar-refractivity contribution in [1.29, 1.82) is 0 Å². The van der Waals surface area contributed by atoms with Gasteiger partial charge >= 0.3 is 0 Å². The third kappa shape index (κ3) is 4.73. The summed E-state index contributed by atoms with van der Waals surface area (Å²) in [6.07, 6.45) is 3.22. The first-order valence-corrected chi connectivity index (χ1v) is 10.1. The number of fused-ring (bicyclic) bond motifs is 1. The Morgan fingerprint density at radius 3 is 2.70 bits per heavy atom. The summed E-state index contributed by atoms with van der Waals surface area (Å²) in [5.74, 6) is 0.0999. The van der Waals surface area contributed by atoms with Crippen LogP contribution in [0.4, 0.5) is 10.8 Å². The van der Waals surface area contributed by atoms with E-state index in [1.807, 2.05) is 41.3 Å². The van der Waals surface area contributed by atoms with Gasteiger partial charge in [-0.25, -0.2) is 4.98 Å². The molecule has 3 aromatic rings. The average molecular weight is 445 g/mol. The minimum atomic E-state index is 0. The lowest BCUT2D eigenvalue weighted by Gasteiger charge is -2.34. The molecule has 1 unspecified atom stereocenters. The van der Waals surface area contributed by atoms with Crippen LogP contribution in [0.3, 0.4) is 0 Å². The number of thiazole rings is 1. The number of amides is 1. The number of hydrogen-bond acceptors (Lipinski definition) is 6. The monoisotopic (exact) mass is 444 g/mol. The molecule has 1 atom stereocenters. The average Bonchev–Trinajstić information content (AvgIpc) is 3.20. The van der Waals surface area contributed by atoms with Gasteiger partial charge in [0.25, 0.3) is 5.91 Å². The molecule has 146 valence electrons. The Morgan fingerprint density at radius 2 is 2.00 bits per heavy atom. The van der Waals surface area contributed by atoms with Crippen LogP contribution >= 0.6 is 47.5 Å². The fourth-order valence-electron chi connectivity index (χ4n) is 3.19. The maximum absolute atomic E-state index is 12.9. The van der Waals surface area contributed by atoms with E-state index in [9.17, 15) is 4.79 Å². The number of benzene rings is 1. The Morgan fingerprint density at radius 1 is 1.22 bits per heavy atom. The molecule has 3 N–H and O–H groups in total. The molecule has 0 spiro atoms. The molecule has 1 aliphatic heterocycles. The van der Waals surface area contributed by atoms with Gasteiger partial charge in [-0.15, -0.1) is 36.2 Å². The number of aromatic nitrogens is 1. The van der Waals surface area contributed by atoms with Crippen molar-refractivity contribution in [2.45, 2.75) is 25.3 Å². The van der Waals surface area contributed by atoms with Crippen molar-refractivity contribution in [2.75, 3.05) is 18.4 Å². The molecule has 3 heterocycles. The fraction of sp³-hybridized carbons (Fsp3) is 0.333. The van der Waals surface area contributed by atoms with Gasteiger partial charge in [-0.3, -0.25) is 4.79 Å². The molecule has 1 aliphatic rings. The number of nitrogens with two attached hydrogens (primary N) is 1. The number of para-hydroxylation sites is 1. The molecule has 1 saturated heterocycles. The normalized spacial score (nSPS) is 16.5. The van der Waals surface area contributed by atoms with Crippen molar-refractivity contribution in [3.05, 3.63) is 41.3 Å². The number of piperidine rings is 1. The maximum atomic E-state index is 12.9. The largest absolute Gasteiger partial charge is 0.334 e. The predicted molar refractivity (Wildman–Crippen MR) is 119 cm³/mol. The fourth-order valence-corrected chi connectivity index (χ4v) is 5.29. The second-order valence-corrected chi connectivity index (χ2v) is 8.24. The van der Waals surface area contributed by atoms with Gasteiger partial charge in [0, 0.05) is 24.8 Å². The van der Waals surface area contributed by atoms with Crippen molar-refractivity contribution in [2.24, 2.45) is 5.73 Å². The van der Waals surface area contributed by atoms with Gasteiger partial charge in [0.15, 0.2) is 5.13 Å². The van der Waals surface area contributed by atoms with Gasteiger partial charge in [-0.05, 0) is 37.5 Å². The summed E-state index contributed by atoms with van der Waals surface area (Å²) in [7, 11) is 0. The molecule has 1 amide bonds. The SMILES string of the molecule is Cl.Cl.NCC1CCCCN1C(=O)c1cc2sc(Nc3ccccc3)nc2s1. The van der Waals surface area contributed by atoms with Crippen molar-refractivity contribution in [3.63, 3.8) is 0 Å². The number of nitrogens with one attached hydrogen (secondary N) is 1. The second kappa shape index (κ2) is 9.71. The Hall–Kier alpha value is -1.38.